The van der Waals surface area contributed by atoms with Crippen molar-refractivity contribution in [3.05, 3.63) is 75.3 Å². The minimum absolute atomic E-state index is 0.0128. The highest BCUT2D eigenvalue weighted by molar-refractivity contribution is 7.13. The molecule has 15 heteroatoms. The zero-order chi connectivity index (χ0) is 25.0. The molecule has 3 aromatic heterocycles. The zero-order valence-corrected chi connectivity index (χ0v) is 18.8. The van der Waals surface area contributed by atoms with E-state index in [0.717, 1.165) is 29.5 Å². The van der Waals surface area contributed by atoms with Crippen LogP contribution in [0.3, 0.4) is 0 Å². The Morgan fingerprint density at radius 1 is 1.06 bits per heavy atom. The number of thiazole rings is 1. The van der Waals surface area contributed by atoms with E-state index in [-0.39, 0.29) is 22.8 Å². The predicted molar refractivity (Wildman–Crippen MR) is 120 cm³/mol. The Morgan fingerprint density at radius 2 is 1.89 bits per heavy atom. The number of hydrogen-bond acceptors (Lipinski definition) is 9. The second kappa shape index (κ2) is 10.1. The van der Waals surface area contributed by atoms with E-state index < -0.39 is 28.6 Å². The molecule has 3 N–H and O–H groups in total. The Hall–Kier alpha value is -4.04. The van der Waals surface area contributed by atoms with Gasteiger partial charge in [-0.15, -0.1) is 11.3 Å². The number of anilines is 3. The molecule has 0 unspecified atom stereocenters. The molecular formula is C20H13ClF3N7O3S. The Labute approximate surface area is 203 Å². The van der Waals surface area contributed by atoms with Gasteiger partial charge in [-0.1, -0.05) is 16.8 Å². The van der Waals surface area contributed by atoms with Crippen LogP contribution >= 0.6 is 22.9 Å². The topological polar surface area (TPSA) is 135 Å². The summed E-state index contributed by atoms with van der Waals surface area (Å²) in [6, 6.07) is 5.88. The van der Waals surface area contributed by atoms with Gasteiger partial charge < -0.3 is 20.5 Å². The lowest BCUT2D eigenvalue weighted by Crippen LogP contribution is -2.24. The fourth-order valence-corrected chi connectivity index (χ4v) is 3.76. The smallest absolute Gasteiger partial charge is 0.363 e. The van der Waals surface area contributed by atoms with Gasteiger partial charge in [0.15, 0.2) is 5.82 Å². The molecule has 0 aliphatic heterocycles. The lowest BCUT2D eigenvalue weighted by molar-refractivity contribution is -0.137. The number of hydrogen-bond donors (Lipinski definition) is 3. The first kappa shape index (κ1) is 24.1. The summed E-state index contributed by atoms with van der Waals surface area (Å²) in [7, 11) is 0. The van der Waals surface area contributed by atoms with E-state index in [2.05, 4.69) is 36.1 Å². The highest BCUT2D eigenvalue weighted by atomic mass is 35.5. The number of aromatic nitrogens is 4. The summed E-state index contributed by atoms with van der Waals surface area (Å²) in [4.78, 5) is 37.0. The van der Waals surface area contributed by atoms with Crippen LogP contribution in [-0.2, 0) is 12.7 Å². The molecule has 0 radical (unpaired) electrons. The third-order valence-electron chi connectivity index (χ3n) is 4.30. The summed E-state index contributed by atoms with van der Waals surface area (Å²) >= 11 is 6.67. The lowest BCUT2D eigenvalue weighted by atomic mass is 10.2. The molecule has 0 aliphatic rings. The van der Waals surface area contributed by atoms with Gasteiger partial charge in [-0.25, -0.2) is 15.0 Å². The predicted octanol–water partition coefficient (Wildman–Crippen LogP) is 4.52. The Kier molecular flexibility index (Phi) is 6.93. The number of nitrogens with one attached hydrogen (secondary N) is 3. The molecule has 1 aromatic carbocycles. The van der Waals surface area contributed by atoms with Gasteiger partial charge in [-0.05, 0) is 18.2 Å². The number of alkyl halides is 3. The molecule has 0 atom stereocenters. The van der Waals surface area contributed by atoms with Crippen LogP contribution in [0.15, 0.2) is 53.6 Å². The number of nitrogens with zero attached hydrogens (tertiary/aromatic N) is 4. The minimum atomic E-state index is -4.60. The third kappa shape index (κ3) is 6.10. The number of rotatable bonds is 7. The lowest BCUT2D eigenvalue weighted by Gasteiger charge is -2.10. The van der Waals surface area contributed by atoms with Crippen LogP contribution in [0, 0.1) is 0 Å². The number of benzene rings is 1. The fraction of sp³-hybridized carbons (Fsp3) is 0.100. The van der Waals surface area contributed by atoms with Crippen LogP contribution in [0.5, 0.6) is 0 Å². The van der Waals surface area contributed by atoms with Gasteiger partial charge in [0.05, 0.1) is 23.3 Å². The molecule has 2 amide bonds. The van der Waals surface area contributed by atoms with Crippen molar-refractivity contribution in [2.75, 3.05) is 10.6 Å². The first-order valence-corrected chi connectivity index (χ1v) is 10.8. The van der Waals surface area contributed by atoms with Crippen molar-refractivity contribution in [1.29, 1.82) is 0 Å². The summed E-state index contributed by atoms with van der Waals surface area (Å²) in [6.45, 7) is 0.0128. The Bertz CT molecular complexity index is 1360. The van der Waals surface area contributed by atoms with Crippen LogP contribution in [-0.4, -0.2) is 31.9 Å². The van der Waals surface area contributed by atoms with Crippen molar-refractivity contribution in [3.63, 3.8) is 0 Å². The standard InChI is InChI=1S/C20H13ClF3N7O3S/c21-12-5-10(1-2-11(12)20(22,23)24)29-19(33)14-7-25-17(35-14)8-26-18(32)13-6-16(28-9-27-13)30-15-3-4-34-31-15/h1-7,9H,8H2,(H,26,32)(H,29,33)(H,27,28,30,31). The van der Waals surface area contributed by atoms with Crippen molar-refractivity contribution in [1.82, 2.24) is 25.4 Å². The van der Waals surface area contributed by atoms with Gasteiger partial charge in [0.25, 0.3) is 11.8 Å². The molecule has 0 saturated heterocycles. The number of amides is 2. The largest absolute Gasteiger partial charge is 0.417 e. The molecule has 0 spiro atoms. The monoisotopic (exact) mass is 523 g/mol. The molecule has 3 heterocycles. The van der Waals surface area contributed by atoms with E-state index in [0.29, 0.717) is 16.6 Å². The zero-order valence-electron chi connectivity index (χ0n) is 17.3. The maximum absolute atomic E-state index is 12.8. The van der Waals surface area contributed by atoms with Crippen molar-refractivity contribution in [2.24, 2.45) is 0 Å². The molecule has 0 saturated carbocycles. The van der Waals surface area contributed by atoms with E-state index in [1.165, 1.54) is 24.9 Å². The maximum atomic E-state index is 12.8. The van der Waals surface area contributed by atoms with E-state index in [9.17, 15) is 22.8 Å². The van der Waals surface area contributed by atoms with Crippen LogP contribution in [0.4, 0.5) is 30.5 Å². The van der Waals surface area contributed by atoms with E-state index in [1.54, 1.807) is 6.07 Å². The fourth-order valence-electron chi connectivity index (χ4n) is 2.72. The summed E-state index contributed by atoms with van der Waals surface area (Å²) < 4.78 is 43.2. The number of carbonyl (C=O) groups is 2. The number of carbonyl (C=O) groups excluding carboxylic acids is 2. The Balaban J connectivity index is 1.34. The molecule has 10 nitrogen and oxygen atoms in total. The van der Waals surface area contributed by atoms with Crippen LogP contribution in [0.1, 0.15) is 30.7 Å². The summed E-state index contributed by atoms with van der Waals surface area (Å²) in [5.74, 6) is -0.357. The maximum Gasteiger partial charge on any atom is 0.417 e. The molecule has 4 aromatic rings. The van der Waals surface area contributed by atoms with E-state index >= 15 is 0 Å². The first-order chi connectivity index (χ1) is 16.7. The summed E-state index contributed by atoms with van der Waals surface area (Å²) in [5, 5.41) is 11.5. The number of halogens is 4. The molecular weight excluding hydrogens is 511 g/mol. The molecule has 35 heavy (non-hydrogen) atoms. The van der Waals surface area contributed by atoms with Gasteiger partial charge >= 0.3 is 6.18 Å². The highest BCUT2D eigenvalue weighted by Gasteiger charge is 2.33. The molecule has 0 bridgehead atoms. The van der Waals surface area contributed by atoms with Gasteiger partial charge in [-0.2, -0.15) is 13.2 Å². The van der Waals surface area contributed by atoms with Crippen molar-refractivity contribution in [2.45, 2.75) is 12.7 Å². The van der Waals surface area contributed by atoms with Gasteiger partial charge in [0.2, 0.25) is 0 Å². The summed E-state index contributed by atoms with van der Waals surface area (Å²) in [5.41, 5.74) is -0.826. The summed E-state index contributed by atoms with van der Waals surface area (Å²) in [6.07, 6.45) is -0.732. The average molecular weight is 524 g/mol. The van der Waals surface area contributed by atoms with Gasteiger partial charge in [-0.3, -0.25) is 9.59 Å². The second-order valence-corrected chi connectivity index (χ2v) is 8.27. The van der Waals surface area contributed by atoms with Gasteiger partial charge in [0.1, 0.15) is 34.0 Å². The van der Waals surface area contributed by atoms with E-state index in [1.807, 2.05) is 0 Å². The van der Waals surface area contributed by atoms with Crippen molar-refractivity contribution < 1.29 is 27.3 Å². The van der Waals surface area contributed by atoms with Crippen molar-refractivity contribution in [3.8, 4) is 0 Å². The quantitative estimate of drug-likeness (QED) is 0.322. The van der Waals surface area contributed by atoms with Crippen molar-refractivity contribution >= 4 is 52.1 Å². The molecule has 0 fully saturated rings. The third-order valence-corrected chi connectivity index (χ3v) is 5.61. The normalized spacial score (nSPS) is 11.2. The Morgan fingerprint density at radius 3 is 2.60 bits per heavy atom. The molecule has 0 aliphatic carbocycles. The van der Waals surface area contributed by atoms with Crippen LogP contribution in [0.2, 0.25) is 5.02 Å². The molecule has 4 rings (SSSR count). The van der Waals surface area contributed by atoms with Crippen LogP contribution in [0.25, 0.3) is 0 Å². The highest BCUT2D eigenvalue weighted by Crippen LogP contribution is 2.36. The second-order valence-electron chi connectivity index (χ2n) is 6.75. The minimum Gasteiger partial charge on any atom is -0.363 e. The molecule has 180 valence electrons. The average Bonchev–Trinajstić information content (AvgIpc) is 3.49. The SMILES string of the molecule is O=C(NCc1ncc(C(=O)Nc2ccc(C(F)(F)F)c(Cl)c2)s1)c1cc(Nc2ccon2)ncn1. The van der Waals surface area contributed by atoms with Gasteiger partial charge in [0, 0.05) is 17.8 Å². The van der Waals surface area contributed by atoms with Crippen LogP contribution < -0.4 is 16.0 Å². The first-order valence-electron chi connectivity index (χ1n) is 9.59. The van der Waals surface area contributed by atoms with E-state index in [4.69, 9.17) is 16.1 Å².